The third-order valence-electron chi connectivity index (χ3n) is 18.0. The van der Waals surface area contributed by atoms with Gasteiger partial charge in [0.05, 0.1) is 37.0 Å². The highest BCUT2D eigenvalue weighted by Crippen LogP contribution is 2.20. The molecule has 572 valence electrons. The lowest BCUT2D eigenvalue weighted by atomic mass is 10.1. The van der Waals surface area contributed by atoms with Crippen molar-refractivity contribution in [3.8, 4) is 0 Å². The van der Waals surface area contributed by atoms with E-state index in [2.05, 4.69) is 40.4 Å². The maximum absolute atomic E-state index is 12.7. The van der Waals surface area contributed by atoms with Crippen LogP contribution in [0.5, 0.6) is 0 Å². The average Bonchev–Trinajstić information content (AvgIpc) is 2.99. The number of hydrogen-bond acceptors (Lipinski definition) is 19. The van der Waals surface area contributed by atoms with Crippen molar-refractivity contribution in [2.24, 2.45) is 17.8 Å². The zero-order chi connectivity index (χ0) is 71.3. The van der Waals surface area contributed by atoms with E-state index in [9.17, 15) is 28.8 Å². The fourth-order valence-electron chi connectivity index (χ4n) is 11.1. The van der Waals surface area contributed by atoms with Gasteiger partial charge in [0.2, 0.25) is 0 Å². The number of unbranched alkanes of at least 4 members (excludes halogenated alkanes) is 33. The Hall–Kier alpha value is -2.29. The Morgan fingerprint density at radius 2 is 0.464 bits per heavy atom. The highest BCUT2D eigenvalue weighted by molar-refractivity contribution is 7.99. The van der Waals surface area contributed by atoms with Crippen molar-refractivity contribution in [3.63, 3.8) is 0 Å². The summed E-state index contributed by atoms with van der Waals surface area (Å²) in [5, 5.41) is 0. The Balaban J connectivity index is 4.80. The van der Waals surface area contributed by atoms with E-state index in [1.807, 2.05) is 77.2 Å². The molecular formula is C78H150N4O12S3. The lowest BCUT2D eigenvalue weighted by Crippen LogP contribution is -2.42. The van der Waals surface area contributed by atoms with E-state index in [0.29, 0.717) is 58.9 Å². The zero-order valence-electron chi connectivity index (χ0n) is 64.1. The summed E-state index contributed by atoms with van der Waals surface area (Å²) in [4.78, 5) is 84.7. The first-order valence-corrected chi connectivity index (χ1v) is 43.1. The summed E-state index contributed by atoms with van der Waals surface area (Å²) in [7, 11) is 5.93. The Kier molecular flexibility index (Phi) is 70.4. The molecule has 3 unspecified atom stereocenters. The molecule has 97 heavy (non-hydrogen) atoms. The highest BCUT2D eigenvalue weighted by atomic mass is 32.2. The Morgan fingerprint density at radius 1 is 0.268 bits per heavy atom. The molecule has 0 amide bonds. The first kappa shape index (κ1) is 94.7. The quantitative estimate of drug-likeness (QED) is 0.0320. The van der Waals surface area contributed by atoms with Crippen molar-refractivity contribution in [1.29, 1.82) is 0 Å². The third kappa shape index (κ3) is 66.7. The van der Waals surface area contributed by atoms with E-state index in [1.165, 1.54) is 231 Å². The van der Waals surface area contributed by atoms with Crippen LogP contribution in [-0.2, 0) is 57.2 Å². The number of hydrogen-bond donors (Lipinski definition) is 0. The van der Waals surface area contributed by atoms with E-state index in [-0.39, 0.29) is 112 Å². The number of carbonyl (C=O) groups excluding carboxylic acids is 6. The molecule has 0 aliphatic rings. The molecule has 0 heterocycles. The van der Waals surface area contributed by atoms with Crippen molar-refractivity contribution in [2.75, 3.05) is 154 Å². The highest BCUT2D eigenvalue weighted by Gasteiger charge is 2.19. The first-order valence-electron chi connectivity index (χ1n) is 39.6. The predicted molar refractivity (Wildman–Crippen MR) is 411 cm³/mol. The van der Waals surface area contributed by atoms with E-state index < -0.39 is 0 Å². The number of ether oxygens (including phenoxy) is 6. The smallest absolute Gasteiger partial charge is 0.309 e. The minimum atomic E-state index is -0.341. The van der Waals surface area contributed by atoms with Gasteiger partial charge in [0, 0.05) is 76.2 Å². The average molecular weight is 1430 g/mol. The SMILES string of the molecule is CCCCCCCCCCCCCCSCC(C)C(=O)OCCOC(=O)CCN(C)CCN(CCN(C)CCC(=O)OCCOC(=O)C(C)CSCCCCCCCCCCCCCC)CCN(C)CCC(=O)OCCOC(=O)C(C)CSCCCCCCCCCCCCCC. The molecular weight excluding hydrogens is 1280 g/mol. The maximum atomic E-state index is 12.7. The van der Waals surface area contributed by atoms with Crippen molar-refractivity contribution in [2.45, 2.75) is 292 Å². The van der Waals surface area contributed by atoms with Gasteiger partial charge in [-0.25, -0.2) is 0 Å². The monoisotopic (exact) mass is 1430 g/mol. The van der Waals surface area contributed by atoms with Crippen LogP contribution in [0.2, 0.25) is 0 Å². The van der Waals surface area contributed by atoms with Crippen molar-refractivity contribution in [3.05, 3.63) is 0 Å². The molecule has 0 aromatic carbocycles. The molecule has 0 aliphatic carbocycles. The molecule has 0 spiro atoms. The molecule has 0 saturated carbocycles. The van der Waals surface area contributed by atoms with Crippen molar-refractivity contribution in [1.82, 2.24) is 19.6 Å². The fraction of sp³-hybridized carbons (Fsp3) is 0.923. The summed E-state index contributed by atoms with van der Waals surface area (Å²) in [6.45, 7) is 18.4. The van der Waals surface area contributed by atoms with Gasteiger partial charge in [-0.05, 0) is 57.7 Å². The standard InChI is InChI=1S/C78H150N4O12S3/c1-10-13-16-19-22-25-28-31-34-37-40-43-64-95-67-70(4)76(86)92-61-58-89-73(83)46-49-79(7)52-55-82(56-53-80(8)50-47-74(84)90-59-62-93-77(87)71(5)68-96-65-44-41-38-35-32-29-26-23-20-17-14-11-2)57-54-81(9)51-48-75(85)91-60-63-94-78(88)72(6)69-97-66-45-42-39-36-33-30-27-24-21-18-15-12-3/h70-72H,10-69H2,1-9H3. The second kappa shape index (κ2) is 72.1. The Bertz CT molecular complexity index is 1630. The minimum Gasteiger partial charge on any atom is -0.462 e. The molecule has 0 aromatic rings. The maximum Gasteiger partial charge on any atom is 0.309 e. The van der Waals surface area contributed by atoms with Gasteiger partial charge in [-0.1, -0.05) is 253 Å². The second-order valence-electron chi connectivity index (χ2n) is 27.8. The Labute approximate surface area is 608 Å². The van der Waals surface area contributed by atoms with Crippen molar-refractivity contribution < 1.29 is 57.2 Å². The van der Waals surface area contributed by atoms with Gasteiger partial charge in [0.1, 0.15) is 39.6 Å². The topological polar surface area (TPSA) is 171 Å². The molecule has 16 nitrogen and oxygen atoms in total. The van der Waals surface area contributed by atoms with Crippen LogP contribution >= 0.6 is 35.3 Å². The molecule has 3 atom stereocenters. The zero-order valence-corrected chi connectivity index (χ0v) is 66.5. The van der Waals surface area contributed by atoms with E-state index in [4.69, 9.17) is 28.4 Å². The molecule has 0 radical (unpaired) electrons. The van der Waals surface area contributed by atoms with Gasteiger partial charge in [-0.2, -0.15) is 35.3 Å². The van der Waals surface area contributed by atoms with Crippen LogP contribution in [0.25, 0.3) is 0 Å². The number of likely N-dealkylation sites (N-methyl/N-ethyl adjacent to an activating group) is 3. The molecule has 0 aromatic heterocycles. The summed E-state index contributed by atoms with van der Waals surface area (Å²) in [5.41, 5.74) is 0. The number of rotatable bonds is 75. The molecule has 0 saturated heterocycles. The first-order chi connectivity index (χ1) is 47.1. The van der Waals surface area contributed by atoms with Gasteiger partial charge in [-0.15, -0.1) is 0 Å². The van der Waals surface area contributed by atoms with Crippen LogP contribution in [0, 0.1) is 17.8 Å². The van der Waals surface area contributed by atoms with Crippen LogP contribution < -0.4 is 0 Å². The van der Waals surface area contributed by atoms with Crippen LogP contribution in [0.4, 0.5) is 0 Å². The fourth-order valence-corrected chi connectivity index (χ4v) is 14.3. The van der Waals surface area contributed by atoms with Crippen molar-refractivity contribution >= 4 is 71.1 Å². The molecule has 0 bridgehead atoms. The number of esters is 6. The molecule has 0 rings (SSSR count). The summed E-state index contributed by atoms with van der Waals surface area (Å²) in [6.07, 6.45) is 48.5. The number of nitrogens with zero attached hydrogens (tertiary/aromatic N) is 4. The van der Waals surface area contributed by atoms with Crippen LogP contribution in [0.3, 0.4) is 0 Å². The van der Waals surface area contributed by atoms with Gasteiger partial charge < -0.3 is 43.1 Å². The van der Waals surface area contributed by atoms with Crippen LogP contribution in [0.15, 0.2) is 0 Å². The third-order valence-corrected chi connectivity index (χ3v) is 21.9. The normalized spacial score (nSPS) is 12.6. The summed E-state index contributed by atoms with van der Waals surface area (Å²) < 4.78 is 32.7. The van der Waals surface area contributed by atoms with Gasteiger partial charge in [-0.3, -0.25) is 33.7 Å². The lowest BCUT2D eigenvalue weighted by molar-refractivity contribution is -0.154. The van der Waals surface area contributed by atoms with Gasteiger partial charge in [0.25, 0.3) is 0 Å². The summed E-state index contributed by atoms with van der Waals surface area (Å²) in [6, 6.07) is 0. The van der Waals surface area contributed by atoms with E-state index >= 15 is 0 Å². The Morgan fingerprint density at radius 3 is 0.680 bits per heavy atom. The molecule has 0 N–H and O–H groups in total. The van der Waals surface area contributed by atoms with Gasteiger partial charge >= 0.3 is 35.8 Å². The largest absolute Gasteiger partial charge is 0.462 e. The molecule has 0 fully saturated rings. The lowest BCUT2D eigenvalue weighted by Gasteiger charge is -2.29. The van der Waals surface area contributed by atoms with E-state index in [1.54, 1.807) is 0 Å². The number of thioether (sulfide) groups is 3. The second-order valence-corrected chi connectivity index (χ2v) is 31.2. The minimum absolute atomic E-state index is 0.0266. The van der Waals surface area contributed by atoms with E-state index in [0.717, 1.165) is 34.5 Å². The number of carbonyl (C=O) groups is 6. The summed E-state index contributed by atoms with van der Waals surface area (Å²) in [5.74, 6) is 2.90. The molecule has 0 aliphatic heterocycles. The predicted octanol–water partition coefficient (Wildman–Crippen LogP) is 17.7. The van der Waals surface area contributed by atoms with Crippen LogP contribution in [0.1, 0.15) is 292 Å². The van der Waals surface area contributed by atoms with Gasteiger partial charge in [0.15, 0.2) is 0 Å². The molecule has 19 heteroatoms. The van der Waals surface area contributed by atoms with Crippen LogP contribution in [-0.4, -0.2) is 210 Å². The summed E-state index contributed by atoms with van der Waals surface area (Å²) >= 11 is 5.43.